The van der Waals surface area contributed by atoms with Crippen molar-refractivity contribution in [2.45, 2.75) is 71.1 Å². The molecule has 3 atom stereocenters. The standard InChI is InChI=1S/C16H32N2O/c1-6-12-8-7-9-18(10-12)11-13-14(17)16(4,5)19-15(13,2)3/h12-14H,6-11,17H2,1-5H3. The Labute approximate surface area is 118 Å². The lowest BCUT2D eigenvalue weighted by Gasteiger charge is -2.37. The second kappa shape index (κ2) is 5.34. The molecule has 3 heteroatoms. The van der Waals surface area contributed by atoms with Gasteiger partial charge in [0.25, 0.3) is 0 Å². The Morgan fingerprint density at radius 2 is 1.89 bits per heavy atom. The number of ether oxygens (including phenoxy) is 1. The molecule has 2 saturated heterocycles. The summed E-state index contributed by atoms with van der Waals surface area (Å²) >= 11 is 0. The SMILES string of the molecule is CCC1CCCN(CC2C(N)C(C)(C)OC2(C)C)C1. The maximum atomic E-state index is 6.47. The van der Waals surface area contributed by atoms with Crippen LogP contribution in [0.2, 0.25) is 0 Å². The van der Waals surface area contributed by atoms with Crippen molar-refractivity contribution >= 4 is 0 Å². The Morgan fingerprint density at radius 1 is 1.21 bits per heavy atom. The molecule has 2 fully saturated rings. The van der Waals surface area contributed by atoms with Crippen LogP contribution in [0.5, 0.6) is 0 Å². The molecule has 19 heavy (non-hydrogen) atoms. The van der Waals surface area contributed by atoms with Crippen LogP contribution in [-0.4, -0.2) is 41.8 Å². The average Bonchev–Trinajstić information content (AvgIpc) is 2.48. The third kappa shape index (κ3) is 3.14. The Bertz CT molecular complexity index is 314. The lowest BCUT2D eigenvalue weighted by molar-refractivity contribution is -0.0790. The number of nitrogens with two attached hydrogens (primary N) is 1. The Balaban J connectivity index is 2.01. The maximum Gasteiger partial charge on any atom is 0.0788 e. The molecule has 0 aliphatic carbocycles. The fraction of sp³-hybridized carbons (Fsp3) is 1.00. The maximum absolute atomic E-state index is 6.47. The first-order valence-electron chi connectivity index (χ1n) is 7.94. The van der Waals surface area contributed by atoms with Gasteiger partial charge in [0.2, 0.25) is 0 Å². The first kappa shape index (κ1) is 15.3. The van der Waals surface area contributed by atoms with Crippen LogP contribution in [0.25, 0.3) is 0 Å². The lowest BCUT2D eigenvalue weighted by Crippen LogP contribution is -2.49. The Hall–Kier alpha value is -0.120. The van der Waals surface area contributed by atoms with E-state index >= 15 is 0 Å². The predicted molar refractivity (Wildman–Crippen MR) is 80.2 cm³/mol. The highest BCUT2D eigenvalue weighted by molar-refractivity contribution is 5.04. The van der Waals surface area contributed by atoms with Crippen LogP contribution in [0.3, 0.4) is 0 Å². The molecule has 3 unspecified atom stereocenters. The Kier molecular flexibility index (Phi) is 4.29. The zero-order valence-electron chi connectivity index (χ0n) is 13.4. The summed E-state index contributed by atoms with van der Waals surface area (Å²) in [4.78, 5) is 2.62. The minimum absolute atomic E-state index is 0.109. The van der Waals surface area contributed by atoms with Crippen molar-refractivity contribution in [2.75, 3.05) is 19.6 Å². The topological polar surface area (TPSA) is 38.5 Å². The van der Waals surface area contributed by atoms with Gasteiger partial charge in [0.05, 0.1) is 11.2 Å². The molecule has 0 aromatic rings. The molecule has 2 aliphatic rings. The molecule has 2 N–H and O–H groups in total. The van der Waals surface area contributed by atoms with E-state index in [1.54, 1.807) is 0 Å². The summed E-state index contributed by atoms with van der Waals surface area (Å²) in [6.45, 7) is 14.5. The third-order valence-electron chi connectivity index (χ3n) is 5.29. The van der Waals surface area contributed by atoms with Gasteiger partial charge in [-0.05, 0) is 53.0 Å². The summed E-state index contributed by atoms with van der Waals surface area (Å²) in [5.74, 6) is 1.31. The molecule has 0 aromatic heterocycles. The van der Waals surface area contributed by atoms with Crippen LogP contribution in [0.1, 0.15) is 53.9 Å². The van der Waals surface area contributed by atoms with Gasteiger partial charge in [-0.25, -0.2) is 0 Å². The van der Waals surface area contributed by atoms with E-state index in [9.17, 15) is 0 Å². The largest absolute Gasteiger partial charge is 0.368 e. The van der Waals surface area contributed by atoms with Gasteiger partial charge in [0.1, 0.15) is 0 Å². The molecule has 2 aliphatic heterocycles. The monoisotopic (exact) mass is 268 g/mol. The minimum atomic E-state index is -0.200. The van der Waals surface area contributed by atoms with Gasteiger partial charge in [-0.3, -0.25) is 0 Å². The average molecular weight is 268 g/mol. The molecule has 0 bridgehead atoms. The highest BCUT2D eigenvalue weighted by Crippen LogP contribution is 2.41. The molecule has 0 saturated carbocycles. The van der Waals surface area contributed by atoms with E-state index in [2.05, 4.69) is 39.5 Å². The molecular formula is C16H32N2O. The molecule has 0 spiro atoms. The van der Waals surface area contributed by atoms with E-state index in [1.165, 1.54) is 32.4 Å². The van der Waals surface area contributed by atoms with Crippen LogP contribution in [-0.2, 0) is 4.74 Å². The van der Waals surface area contributed by atoms with E-state index in [0.717, 1.165) is 12.5 Å². The van der Waals surface area contributed by atoms with E-state index in [-0.39, 0.29) is 17.2 Å². The third-order valence-corrected chi connectivity index (χ3v) is 5.29. The van der Waals surface area contributed by atoms with Crippen molar-refractivity contribution in [2.24, 2.45) is 17.6 Å². The lowest BCUT2D eigenvalue weighted by atomic mass is 9.82. The van der Waals surface area contributed by atoms with Gasteiger partial charge in [-0.2, -0.15) is 0 Å². The highest BCUT2D eigenvalue weighted by atomic mass is 16.5. The number of piperidine rings is 1. The molecule has 112 valence electrons. The van der Waals surface area contributed by atoms with Gasteiger partial charge >= 0.3 is 0 Å². The normalized spacial score (nSPS) is 38.5. The molecule has 0 aromatic carbocycles. The highest BCUT2D eigenvalue weighted by Gasteiger charge is 2.52. The molecule has 2 rings (SSSR count). The van der Waals surface area contributed by atoms with E-state index in [1.807, 2.05) is 0 Å². The van der Waals surface area contributed by atoms with Crippen molar-refractivity contribution in [1.82, 2.24) is 4.90 Å². The second-order valence-corrected chi connectivity index (χ2v) is 7.62. The molecule has 0 amide bonds. The van der Waals surface area contributed by atoms with E-state index in [4.69, 9.17) is 10.5 Å². The van der Waals surface area contributed by atoms with Crippen LogP contribution in [0, 0.1) is 11.8 Å². The van der Waals surface area contributed by atoms with Crippen molar-refractivity contribution < 1.29 is 4.74 Å². The Morgan fingerprint density at radius 3 is 2.42 bits per heavy atom. The van der Waals surface area contributed by atoms with Crippen molar-refractivity contribution in [3.05, 3.63) is 0 Å². The summed E-state index contributed by atoms with van der Waals surface area (Å²) < 4.78 is 6.20. The summed E-state index contributed by atoms with van der Waals surface area (Å²) in [7, 11) is 0. The van der Waals surface area contributed by atoms with Crippen LogP contribution in [0.15, 0.2) is 0 Å². The fourth-order valence-corrected chi connectivity index (χ4v) is 4.00. The van der Waals surface area contributed by atoms with Crippen LogP contribution < -0.4 is 5.73 Å². The first-order chi connectivity index (χ1) is 8.76. The first-order valence-corrected chi connectivity index (χ1v) is 7.94. The summed E-state index contributed by atoms with van der Waals surface area (Å²) in [5, 5.41) is 0. The molecule has 0 radical (unpaired) electrons. The van der Waals surface area contributed by atoms with Crippen molar-refractivity contribution in [3.8, 4) is 0 Å². The van der Waals surface area contributed by atoms with E-state index < -0.39 is 0 Å². The van der Waals surface area contributed by atoms with Gasteiger partial charge in [0, 0.05) is 25.0 Å². The van der Waals surface area contributed by atoms with E-state index in [0.29, 0.717) is 5.92 Å². The van der Waals surface area contributed by atoms with Gasteiger partial charge in [-0.15, -0.1) is 0 Å². The van der Waals surface area contributed by atoms with Crippen LogP contribution >= 0.6 is 0 Å². The van der Waals surface area contributed by atoms with Crippen molar-refractivity contribution in [3.63, 3.8) is 0 Å². The summed E-state index contributed by atoms with van der Waals surface area (Å²) in [6.07, 6.45) is 4.04. The number of likely N-dealkylation sites (tertiary alicyclic amines) is 1. The molecular weight excluding hydrogens is 236 g/mol. The number of hydrogen-bond donors (Lipinski definition) is 1. The molecule has 2 heterocycles. The smallest absolute Gasteiger partial charge is 0.0788 e. The fourth-order valence-electron chi connectivity index (χ4n) is 4.00. The van der Waals surface area contributed by atoms with Crippen molar-refractivity contribution in [1.29, 1.82) is 0 Å². The predicted octanol–water partition coefficient (Wildman–Crippen LogP) is 2.64. The molecule has 3 nitrogen and oxygen atoms in total. The number of hydrogen-bond acceptors (Lipinski definition) is 3. The summed E-state index contributed by atoms with van der Waals surface area (Å²) in [6, 6.07) is 0.129. The number of rotatable bonds is 3. The zero-order chi connectivity index (χ0) is 14.3. The minimum Gasteiger partial charge on any atom is -0.368 e. The number of nitrogens with zero attached hydrogens (tertiary/aromatic N) is 1. The quantitative estimate of drug-likeness (QED) is 0.855. The van der Waals surface area contributed by atoms with Gasteiger partial charge in [-0.1, -0.05) is 13.3 Å². The van der Waals surface area contributed by atoms with Gasteiger partial charge in [0.15, 0.2) is 0 Å². The summed E-state index contributed by atoms with van der Waals surface area (Å²) in [5.41, 5.74) is 6.16. The van der Waals surface area contributed by atoms with Crippen LogP contribution in [0.4, 0.5) is 0 Å². The second-order valence-electron chi connectivity index (χ2n) is 7.62. The van der Waals surface area contributed by atoms with Gasteiger partial charge < -0.3 is 15.4 Å². The zero-order valence-corrected chi connectivity index (χ0v) is 13.4.